The maximum absolute atomic E-state index is 15.3. The Morgan fingerprint density at radius 1 is 1.20 bits per heavy atom. The summed E-state index contributed by atoms with van der Waals surface area (Å²) in [5.41, 5.74) is 0.234. The highest BCUT2D eigenvalue weighted by atomic mass is 32.1. The number of esters is 1. The molecule has 1 unspecified atom stereocenters. The summed E-state index contributed by atoms with van der Waals surface area (Å²) < 4.78 is 43.0. The van der Waals surface area contributed by atoms with Crippen LogP contribution < -0.4 is 14.8 Å². The number of amides is 1. The number of hydrogen-bond acceptors (Lipinski definition) is 11. The smallest absolute Gasteiger partial charge is 0.418 e. The number of carbonyl (C=O) groups is 2. The number of pyridine rings is 1. The first-order chi connectivity index (χ1) is 24.4. The summed E-state index contributed by atoms with van der Waals surface area (Å²) in [5, 5.41) is 30.7. The van der Waals surface area contributed by atoms with Gasteiger partial charge in [-0.1, -0.05) is 31.2 Å². The minimum Gasteiger partial charge on any atom is -0.460 e. The molecule has 13 nitrogen and oxygen atoms in total. The van der Waals surface area contributed by atoms with Crippen LogP contribution in [-0.2, 0) is 33.0 Å². The first kappa shape index (κ1) is 36.6. The minimum atomic E-state index is -1.96. The highest BCUT2D eigenvalue weighted by Gasteiger charge is 2.43. The van der Waals surface area contributed by atoms with Gasteiger partial charge in [0.1, 0.15) is 36.2 Å². The third-order valence-electron chi connectivity index (χ3n) is 8.18. The predicted molar refractivity (Wildman–Crippen MR) is 181 cm³/mol. The van der Waals surface area contributed by atoms with Crippen LogP contribution in [-0.4, -0.2) is 57.6 Å². The highest BCUT2D eigenvalue weighted by Crippen LogP contribution is 2.41. The number of anilines is 1. The van der Waals surface area contributed by atoms with E-state index < -0.39 is 41.4 Å². The minimum absolute atomic E-state index is 0.0246. The summed E-state index contributed by atoms with van der Waals surface area (Å²) in [6.45, 7) is 2.93. The van der Waals surface area contributed by atoms with Crippen molar-refractivity contribution in [2.24, 2.45) is 0 Å². The van der Waals surface area contributed by atoms with Crippen molar-refractivity contribution in [2.45, 2.75) is 44.7 Å². The lowest BCUT2D eigenvalue weighted by Crippen LogP contribution is -2.42. The average molecular weight is 718 g/mol. The number of aliphatic hydroxyl groups is 1. The molecule has 16 heteroatoms. The van der Waals surface area contributed by atoms with E-state index in [0.717, 1.165) is 11.6 Å². The average Bonchev–Trinajstić information content (AvgIpc) is 3.81. The highest BCUT2D eigenvalue weighted by molar-refractivity contribution is 7.10. The van der Waals surface area contributed by atoms with Gasteiger partial charge in [-0.05, 0) is 31.3 Å². The molecule has 0 aliphatic heterocycles. The van der Waals surface area contributed by atoms with Crippen LogP contribution in [0.2, 0.25) is 0 Å². The summed E-state index contributed by atoms with van der Waals surface area (Å²) in [5.74, 6) is -2.78. The third kappa shape index (κ3) is 8.40. The number of hydrogen-bond donors (Lipinski definition) is 2. The van der Waals surface area contributed by atoms with E-state index in [1.165, 1.54) is 57.5 Å². The number of ether oxygens (including phenoxy) is 2. The fourth-order valence-electron chi connectivity index (χ4n) is 5.26. The second-order valence-corrected chi connectivity index (χ2v) is 12.5. The number of nitrogens with zero attached hydrogens (tertiary/aromatic N) is 7. The van der Waals surface area contributed by atoms with E-state index in [2.05, 4.69) is 21.5 Å². The monoisotopic (exact) mass is 717 g/mol. The Balaban J connectivity index is 1.35. The van der Waals surface area contributed by atoms with Crippen molar-refractivity contribution < 1.29 is 37.5 Å². The van der Waals surface area contributed by atoms with Crippen molar-refractivity contribution in [1.29, 1.82) is 5.26 Å². The lowest BCUT2D eigenvalue weighted by atomic mass is 9.82. The number of rotatable bonds is 13. The molecule has 0 fully saturated rings. The molecule has 3 aromatic heterocycles. The molecule has 2 N–H and O–H groups in total. The van der Waals surface area contributed by atoms with Crippen molar-refractivity contribution in [3.63, 3.8) is 0 Å². The van der Waals surface area contributed by atoms with Gasteiger partial charge in [-0.15, -0.1) is 16.0 Å². The second-order valence-electron chi connectivity index (χ2n) is 11.6. The number of aromatic nitrogens is 5. The molecule has 51 heavy (non-hydrogen) atoms. The predicted octanol–water partition coefficient (Wildman–Crippen LogP) is 4.58. The molecule has 1 amide bonds. The molecule has 264 valence electrons. The Labute approximate surface area is 296 Å². The van der Waals surface area contributed by atoms with Gasteiger partial charge in [0.15, 0.2) is 0 Å². The molecule has 3 heterocycles. The van der Waals surface area contributed by atoms with E-state index in [4.69, 9.17) is 19.7 Å². The van der Waals surface area contributed by atoms with Crippen molar-refractivity contribution in [1.82, 2.24) is 25.1 Å². The molecule has 0 aliphatic rings. The molecule has 0 spiro atoms. The van der Waals surface area contributed by atoms with Gasteiger partial charge in [-0.25, -0.2) is 23.5 Å². The Morgan fingerprint density at radius 3 is 2.67 bits per heavy atom. The summed E-state index contributed by atoms with van der Waals surface area (Å²) in [6, 6.07) is 15.2. The molecule has 3 atom stereocenters. The van der Waals surface area contributed by atoms with Gasteiger partial charge in [0, 0.05) is 59.3 Å². The lowest BCUT2D eigenvalue weighted by Gasteiger charge is -2.32. The molecule has 0 saturated carbocycles. The number of nitriles is 1. The zero-order valence-electron chi connectivity index (χ0n) is 28.2. The number of nitrogens with one attached hydrogen (secondary N) is 1. The van der Waals surface area contributed by atoms with Gasteiger partial charge in [0.2, 0.25) is 12.6 Å². The van der Waals surface area contributed by atoms with Crippen LogP contribution in [0, 0.1) is 23.0 Å². The quantitative estimate of drug-likeness (QED) is 0.130. The standard InChI is InChI=1S/C35H35F2N8O5S/c1-22(33-42-30(18-51-33)25-9-7-24(15-38)8-10-25)35(48,28-12-11-27(36)14-29(28)37)19-45-21-44(20-41-45)23(2)50-34(47)43(4)32-26(6-5-13-40-32)17-49-31(46)16-39-3/h5-14,18,20-23,39,48H,16-17,19H2,1-4H3/q+1/t22-,23?,35+/m0/s1. The normalized spacial score (nSPS) is 13.5. The summed E-state index contributed by atoms with van der Waals surface area (Å²) in [6.07, 6.45) is 2.70. The van der Waals surface area contributed by atoms with Crippen LogP contribution >= 0.6 is 11.3 Å². The van der Waals surface area contributed by atoms with Crippen LogP contribution in [0.3, 0.4) is 0 Å². The van der Waals surface area contributed by atoms with Gasteiger partial charge >= 0.3 is 12.1 Å². The molecule has 5 aromatic rings. The van der Waals surface area contributed by atoms with E-state index in [1.54, 1.807) is 62.7 Å². The summed E-state index contributed by atoms with van der Waals surface area (Å²) >= 11 is 1.27. The largest absolute Gasteiger partial charge is 0.460 e. The zero-order chi connectivity index (χ0) is 36.7. The topological polar surface area (TPSA) is 159 Å². The summed E-state index contributed by atoms with van der Waals surface area (Å²) in [4.78, 5) is 35.1. The Morgan fingerprint density at radius 2 is 1.96 bits per heavy atom. The summed E-state index contributed by atoms with van der Waals surface area (Å²) in [7, 11) is 3.09. The molecule has 5 rings (SSSR count). The van der Waals surface area contributed by atoms with Gasteiger partial charge in [0.25, 0.3) is 6.33 Å². The van der Waals surface area contributed by atoms with Gasteiger partial charge < -0.3 is 19.9 Å². The van der Waals surface area contributed by atoms with E-state index in [1.807, 2.05) is 0 Å². The van der Waals surface area contributed by atoms with Crippen LogP contribution in [0.15, 0.2) is 78.8 Å². The van der Waals surface area contributed by atoms with E-state index >= 15 is 4.39 Å². The first-order valence-corrected chi connectivity index (χ1v) is 16.6. The number of thiazole rings is 1. The van der Waals surface area contributed by atoms with E-state index in [0.29, 0.717) is 27.9 Å². The number of halogens is 2. The number of carbonyl (C=O) groups excluding carboxylic acids is 2. The molecular formula is C35H35F2N8O5S+. The maximum atomic E-state index is 15.3. The van der Waals surface area contributed by atoms with E-state index in [9.17, 15) is 19.1 Å². The fraction of sp³-hybridized carbons (Fsp3) is 0.286. The van der Waals surface area contributed by atoms with E-state index in [-0.39, 0.29) is 31.1 Å². The lowest BCUT2D eigenvalue weighted by molar-refractivity contribution is -0.753. The number of likely N-dealkylation sites (N-methyl/N-ethyl adjacent to an activating group) is 1. The van der Waals surface area contributed by atoms with Crippen molar-refractivity contribution >= 4 is 29.2 Å². The fourth-order valence-corrected chi connectivity index (χ4v) is 6.23. The van der Waals surface area contributed by atoms with Gasteiger partial charge in [-0.3, -0.25) is 9.69 Å². The SMILES string of the molecule is CNCC(=O)OCc1cccnc1N(C)C(=O)OC(C)[n+]1cnn(C[C@](O)(c2ccc(F)cc2F)[C@@H](C)c2nc(-c3ccc(C#N)cc3)cs2)c1. The molecule has 0 radical (unpaired) electrons. The molecule has 0 bridgehead atoms. The zero-order valence-corrected chi connectivity index (χ0v) is 29.0. The number of benzene rings is 2. The Bertz CT molecular complexity index is 2050. The second kappa shape index (κ2) is 15.9. The third-order valence-corrected chi connectivity index (χ3v) is 9.21. The maximum Gasteiger partial charge on any atom is 0.418 e. The van der Waals surface area contributed by atoms with Crippen molar-refractivity contribution in [2.75, 3.05) is 25.5 Å². The van der Waals surface area contributed by atoms with Crippen molar-refractivity contribution in [3.8, 4) is 17.3 Å². The van der Waals surface area contributed by atoms with Crippen molar-refractivity contribution in [3.05, 3.63) is 112 Å². The Hall–Kier alpha value is -5.63. The van der Waals surface area contributed by atoms with Gasteiger partial charge in [0.05, 0.1) is 28.9 Å². The van der Waals surface area contributed by atoms with Crippen LogP contribution in [0.5, 0.6) is 0 Å². The van der Waals surface area contributed by atoms with Crippen LogP contribution in [0.4, 0.5) is 19.4 Å². The van der Waals surface area contributed by atoms with Crippen LogP contribution in [0.1, 0.15) is 47.7 Å². The molecule has 0 saturated heterocycles. The van der Waals surface area contributed by atoms with Gasteiger partial charge in [-0.2, -0.15) is 9.83 Å². The molecule has 0 aliphatic carbocycles. The Kier molecular flexibility index (Phi) is 11.4. The molecule has 2 aromatic carbocycles. The first-order valence-electron chi connectivity index (χ1n) is 15.7. The molecular weight excluding hydrogens is 682 g/mol. The van der Waals surface area contributed by atoms with Crippen LogP contribution in [0.25, 0.3) is 11.3 Å².